The van der Waals surface area contributed by atoms with Crippen LogP contribution in [0, 0.1) is 0 Å². The average Bonchev–Trinajstić information content (AvgIpc) is 3.11. The highest BCUT2D eigenvalue weighted by atomic mass is 32.2. The maximum atomic E-state index is 5.50. The van der Waals surface area contributed by atoms with Gasteiger partial charge < -0.3 is 14.4 Å². The molecule has 0 unspecified atom stereocenters. The molecule has 0 spiro atoms. The molecule has 2 aliphatic rings. The summed E-state index contributed by atoms with van der Waals surface area (Å²) in [6.07, 6.45) is 4.87. The number of hydrogen-bond donors (Lipinski definition) is 0. The molecule has 0 radical (unpaired) electrons. The zero-order chi connectivity index (χ0) is 16.2. The van der Waals surface area contributed by atoms with Gasteiger partial charge in [0.15, 0.2) is 16.7 Å². The summed E-state index contributed by atoms with van der Waals surface area (Å²) >= 11 is 1.83. The number of rotatable bonds is 4. The first-order chi connectivity index (χ1) is 11.9. The van der Waals surface area contributed by atoms with E-state index in [0.29, 0.717) is 6.79 Å². The van der Waals surface area contributed by atoms with E-state index < -0.39 is 0 Å². The van der Waals surface area contributed by atoms with Gasteiger partial charge in [-0.25, -0.2) is 0 Å². The van der Waals surface area contributed by atoms with E-state index in [1.165, 1.54) is 11.1 Å². The monoisotopic (exact) mass is 341 g/mol. The standard InChI is InChI=1S/C18H19N3O2S/c1-3-15(10-19-6-1)12-21(18-20-7-2-8-24-18)11-14-4-5-16-17(9-14)23-13-22-16/h1,3-6,9-10H,2,7-8,11-13H2. The second-order valence-electron chi connectivity index (χ2n) is 5.77. The minimum Gasteiger partial charge on any atom is -0.454 e. The number of nitrogens with zero attached hydrogens (tertiary/aromatic N) is 3. The number of ether oxygens (including phenoxy) is 2. The van der Waals surface area contributed by atoms with Crippen LogP contribution in [0.25, 0.3) is 0 Å². The molecule has 0 atom stereocenters. The quantitative estimate of drug-likeness (QED) is 0.854. The highest BCUT2D eigenvalue weighted by Crippen LogP contribution is 2.33. The fourth-order valence-corrected chi connectivity index (χ4v) is 3.75. The van der Waals surface area contributed by atoms with Crippen LogP contribution in [0.3, 0.4) is 0 Å². The van der Waals surface area contributed by atoms with E-state index in [-0.39, 0.29) is 0 Å². The number of hydrogen-bond acceptors (Lipinski definition) is 6. The zero-order valence-electron chi connectivity index (χ0n) is 13.4. The Morgan fingerprint density at radius 2 is 2.00 bits per heavy atom. The van der Waals surface area contributed by atoms with Crippen molar-refractivity contribution in [2.24, 2.45) is 4.99 Å². The first kappa shape index (κ1) is 15.3. The second-order valence-corrected chi connectivity index (χ2v) is 6.83. The average molecular weight is 341 g/mol. The van der Waals surface area contributed by atoms with E-state index in [1.807, 2.05) is 30.1 Å². The minimum atomic E-state index is 0.306. The summed E-state index contributed by atoms with van der Waals surface area (Å²) in [5.74, 6) is 2.78. The molecule has 0 fully saturated rings. The summed E-state index contributed by atoms with van der Waals surface area (Å²) in [7, 11) is 0. The number of aliphatic imine (C=N–C) groups is 1. The first-order valence-corrected chi connectivity index (χ1v) is 9.07. The van der Waals surface area contributed by atoms with Gasteiger partial charge in [-0.3, -0.25) is 9.98 Å². The third kappa shape index (κ3) is 3.48. The fourth-order valence-electron chi connectivity index (χ4n) is 2.80. The van der Waals surface area contributed by atoms with Gasteiger partial charge in [0, 0.05) is 37.8 Å². The van der Waals surface area contributed by atoms with Gasteiger partial charge in [0.1, 0.15) is 0 Å². The number of benzene rings is 1. The molecule has 0 aliphatic carbocycles. The van der Waals surface area contributed by atoms with Crippen LogP contribution in [-0.2, 0) is 13.1 Å². The molecule has 1 aromatic heterocycles. The molecule has 0 saturated heterocycles. The maximum absolute atomic E-state index is 5.50. The van der Waals surface area contributed by atoms with Crippen molar-refractivity contribution in [3.8, 4) is 11.5 Å². The highest BCUT2D eigenvalue weighted by Gasteiger charge is 2.18. The van der Waals surface area contributed by atoms with Crippen LogP contribution in [0.15, 0.2) is 47.7 Å². The zero-order valence-corrected chi connectivity index (χ0v) is 14.2. The Kier molecular flexibility index (Phi) is 4.55. The fraction of sp³-hybridized carbons (Fsp3) is 0.333. The number of amidine groups is 1. The van der Waals surface area contributed by atoms with Crippen molar-refractivity contribution in [3.63, 3.8) is 0 Å². The molecule has 2 aliphatic heterocycles. The number of pyridine rings is 1. The Bertz CT molecular complexity index is 736. The lowest BCUT2D eigenvalue weighted by atomic mass is 10.2. The molecule has 1 aromatic carbocycles. The molecule has 5 nitrogen and oxygen atoms in total. The smallest absolute Gasteiger partial charge is 0.231 e. The van der Waals surface area contributed by atoms with Gasteiger partial charge in [0.2, 0.25) is 6.79 Å². The summed E-state index contributed by atoms with van der Waals surface area (Å²) in [6, 6.07) is 10.2. The molecule has 6 heteroatoms. The van der Waals surface area contributed by atoms with Gasteiger partial charge in [-0.2, -0.15) is 0 Å². The Morgan fingerprint density at radius 1 is 1.08 bits per heavy atom. The van der Waals surface area contributed by atoms with Crippen LogP contribution in [0.4, 0.5) is 0 Å². The molecule has 24 heavy (non-hydrogen) atoms. The van der Waals surface area contributed by atoms with Crippen molar-refractivity contribution in [2.75, 3.05) is 19.1 Å². The first-order valence-electron chi connectivity index (χ1n) is 8.08. The lowest BCUT2D eigenvalue weighted by molar-refractivity contribution is 0.174. The van der Waals surface area contributed by atoms with Gasteiger partial charge in [-0.05, 0) is 35.7 Å². The van der Waals surface area contributed by atoms with Crippen molar-refractivity contribution >= 4 is 16.9 Å². The number of aromatic nitrogens is 1. The summed E-state index contributed by atoms with van der Waals surface area (Å²) in [6.45, 7) is 2.80. The van der Waals surface area contributed by atoms with Crippen LogP contribution in [-0.4, -0.2) is 34.1 Å². The summed E-state index contributed by atoms with van der Waals surface area (Å²) in [5.41, 5.74) is 2.38. The SMILES string of the molecule is c1cncc(CN(Cc2ccc3c(c2)OCO3)C2=NCCCS2)c1. The van der Waals surface area contributed by atoms with E-state index >= 15 is 0 Å². The van der Waals surface area contributed by atoms with Crippen molar-refractivity contribution in [2.45, 2.75) is 19.5 Å². The van der Waals surface area contributed by atoms with Gasteiger partial charge in [0.25, 0.3) is 0 Å². The predicted molar refractivity (Wildman–Crippen MR) is 95.4 cm³/mol. The molecule has 0 amide bonds. The molecule has 4 rings (SSSR count). The molecule has 2 aromatic rings. The minimum absolute atomic E-state index is 0.306. The van der Waals surface area contributed by atoms with Gasteiger partial charge >= 0.3 is 0 Å². The van der Waals surface area contributed by atoms with E-state index in [2.05, 4.69) is 28.1 Å². The lowest BCUT2D eigenvalue weighted by Crippen LogP contribution is -2.30. The molecule has 0 saturated carbocycles. The Hall–Kier alpha value is -2.21. The van der Waals surface area contributed by atoms with E-state index in [4.69, 9.17) is 14.5 Å². The lowest BCUT2D eigenvalue weighted by Gasteiger charge is -2.27. The maximum Gasteiger partial charge on any atom is 0.231 e. The summed E-state index contributed by atoms with van der Waals surface area (Å²) < 4.78 is 10.9. The van der Waals surface area contributed by atoms with Gasteiger partial charge in [0.05, 0.1) is 0 Å². The van der Waals surface area contributed by atoms with Crippen molar-refractivity contribution in [3.05, 3.63) is 53.9 Å². The predicted octanol–water partition coefficient (Wildman–Crippen LogP) is 3.31. The normalized spacial score (nSPS) is 15.9. The summed E-state index contributed by atoms with van der Waals surface area (Å²) in [4.78, 5) is 11.3. The second kappa shape index (κ2) is 7.13. The van der Waals surface area contributed by atoms with Crippen molar-refractivity contribution in [1.82, 2.24) is 9.88 Å². The van der Waals surface area contributed by atoms with Crippen LogP contribution >= 0.6 is 11.8 Å². The molecular formula is C18H19N3O2S. The number of thioether (sulfide) groups is 1. The largest absolute Gasteiger partial charge is 0.454 e. The Balaban J connectivity index is 1.56. The van der Waals surface area contributed by atoms with Gasteiger partial charge in [-0.1, -0.05) is 23.9 Å². The van der Waals surface area contributed by atoms with Crippen LogP contribution in [0.5, 0.6) is 11.5 Å². The Labute approximate surface area is 145 Å². The third-order valence-corrected chi connectivity index (χ3v) is 5.10. The topological polar surface area (TPSA) is 47.0 Å². The molecule has 0 N–H and O–H groups in total. The molecule has 3 heterocycles. The Morgan fingerprint density at radius 3 is 2.83 bits per heavy atom. The molecule has 0 bridgehead atoms. The molecule has 124 valence electrons. The van der Waals surface area contributed by atoms with E-state index in [9.17, 15) is 0 Å². The molecular weight excluding hydrogens is 322 g/mol. The third-order valence-electron chi connectivity index (χ3n) is 3.96. The van der Waals surface area contributed by atoms with E-state index in [0.717, 1.165) is 48.5 Å². The van der Waals surface area contributed by atoms with Crippen LogP contribution in [0.2, 0.25) is 0 Å². The number of fused-ring (bicyclic) bond motifs is 1. The summed E-state index contributed by atoms with van der Waals surface area (Å²) in [5, 5.41) is 1.11. The highest BCUT2D eigenvalue weighted by molar-refractivity contribution is 8.13. The van der Waals surface area contributed by atoms with Crippen molar-refractivity contribution < 1.29 is 9.47 Å². The van der Waals surface area contributed by atoms with Crippen LogP contribution in [0.1, 0.15) is 17.5 Å². The van der Waals surface area contributed by atoms with Crippen molar-refractivity contribution in [1.29, 1.82) is 0 Å². The van der Waals surface area contributed by atoms with E-state index in [1.54, 1.807) is 6.20 Å². The van der Waals surface area contributed by atoms with Crippen LogP contribution < -0.4 is 9.47 Å². The van der Waals surface area contributed by atoms with Gasteiger partial charge in [-0.15, -0.1) is 0 Å².